The molecule has 0 aliphatic heterocycles. The first-order valence-electron chi connectivity index (χ1n) is 4.88. The molecule has 0 atom stereocenters. The van der Waals surface area contributed by atoms with Crippen LogP contribution in [-0.2, 0) is 6.42 Å². The van der Waals surface area contributed by atoms with E-state index >= 15 is 0 Å². The van der Waals surface area contributed by atoms with Gasteiger partial charge in [0, 0.05) is 11.4 Å². The van der Waals surface area contributed by atoms with Gasteiger partial charge < -0.3 is 5.32 Å². The van der Waals surface area contributed by atoms with E-state index in [0.717, 1.165) is 17.3 Å². The molecule has 0 aliphatic carbocycles. The van der Waals surface area contributed by atoms with Gasteiger partial charge in [-0.1, -0.05) is 11.6 Å². The zero-order valence-electron chi connectivity index (χ0n) is 8.67. The van der Waals surface area contributed by atoms with Crippen LogP contribution in [0.25, 0.3) is 0 Å². The quantitative estimate of drug-likeness (QED) is 0.904. The molecule has 2 rings (SSSR count). The first-order valence-corrected chi connectivity index (χ1v) is 6.87. The van der Waals surface area contributed by atoms with Crippen molar-refractivity contribution in [1.29, 1.82) is 0 Å². The van der Waals surface area contributed by atoms with Gasteiger partial charge in [-0.15, -0.1) is 11.3 Å². The average Bonchev–Trinajstić information content (AvgIpc) is 2.70. The molecule has 2 N–H and O–H groups in total. The predicted molar refractivity (Wildman–Crippen MR) is 74.1 cm³/mol. The fraction of sp³-hybridized carbons (Fsp3) is 0.200. The van der Waals surface area contributed by atoms with Gasteiger partial charge in [0.1, 0.15) is 4.47 Å². The topological polar surface area (TPSA) is 57.8 Å². The van der Waals surface area contributed by atoms with Crippen molar-refractivity contribution in [2.24, 2.45) is 0 Å². The van der Waals surface area contributed by atoms with Crippen LogP contribution in [0.5, 0.6) is 0 Å². The summed E-state index contributed by atoms with van der Waals surface area (Å²) in [6, 6.07) is 3.88. The number of aromatic nitrogens is 2. The maximum absolute atomic E-state index is 11.3. The van der Waals surface area contributed by atoms with Crippen LogP contribution in [0, 0.1) is 0 Å². The van der Waals surface area contributed by atoms with Gasteiger partial charge in [0.05, 0.1) is 16.2 Å². The van der Waals surface area contributed by atoms with Crippen LogP contribution in [0.4, 0.5) is 5.69 Å². The molecule has 0 aliphatic rings. The summed E-state index contributed by atoms with van der Waals surface area (Å²) >= 11 is 10.6. The van der Waals surface area contributed by atoms with Crippen LogP contribution >= 0.6 is 38.9 Å². The van der Waals surface area contributed by atoms with Crippen molar-refractivity contribution in [1.82, 2.24) is 10.2 Å². The Morgan fingerprint density at radius 3 is 3.06 bits per heavy atom. The van der Waals surface area contributed by atoms with Crippen molar-refractivity contribution in [2.45, 2.75) is 6.42 Å². The molecule has 0 unspecified atom stereocenters. The Labute approximate surface area is 115 Å². The SMILES string of the molecule is O=c1[nH]ncc(NCCc2ccc(Cl)s2)c1Br. The highest BCUT2D eigenvalue weighted by Gasteiger charge is 2.04. The zero-order valence-corrected chi connectivity index (χ0v) is 11.8. The highest BCUT2D eigenvalue weighted by Crippen LogP contribution is 2.22. The molecule has 0 saturated heterocycles. The summed E-state index contributed by atoms with van der Waals surface area (Å²) in [5.41, 5.74) is 0.450. The minimum Gasteiger partial charge on any atom is -0.382 e. The molecule has 0 saturated carbocycles. The first kappa shape index (κ1) is 12.6. The van der Waals surface area contributed by atoms with Crippen LogP contribution in [0.2, 0.25) is 4.34 Å². The van der Waals surface area contributed by atoms with Gasteiger partial charge in [0.15, 0.2) is 0 Å². The van der Waals surface area contributed by atoms with Crippen molar-refractivity contribution in [2.75, 3.05) is 11.9 Å². The van der Waals surface area contributed by atoms with Gasteiger partial charge in [-0.25, -0.2) is 5.10 Å². The lowest BCUT2D eigenvalue weighted by atomic mass is 10.3. The number of rotatable bonds is 4. The number of H-pyrrole nitrogens is 1. The van der Waals surface area contributed by atoms with Crippen molar-refractivity contribution in [3.05, 3.63) is 42.4 Å². The molecular formula is C10H9BrClN3OS. The molecule has 90 valence electrons. The Morgan fingerprint density at radius 2 is 2.35 bits per heavy atom. The van der Waals surface area contributed by atoms with E-state index in [4.69, 9.17) is 11.6 Å². The molecule has 17 heavy (non-hydrogen) atoms. The van der Waals surface area contributed by atoms with E-state index in [1.165, 1.54) is 4.88 Å². The van der Waals surface area contributed by atoms with Crippen molar-refractivity contribution in [3.63, 3.8) is 0 Å². The molecule has 0 radical (unpaired) electrons. The molecule has 4 nitrogen and oxygen atoms in total. The number of nitrogens with one attached hydrogen (secondary N) is 2. The summed E-state index contributed by atoms with van der Waals surface area (Å²) in [5.74, 6) is 0. The van der Waals surface area contributed by atoms with E-state index in [1.807, 2.05) is 12.1 Å². The average molecular weight is 335 g/mol. The fourth-order valence-electron chi connectivity index (χ4n) is 1.31. The maximum Gasteiger partial charge on any atom is 0.280 e. The molecule has 2 heterocycles. The van der Waals surface area contributed by atoms with Crippen LogP contribution < -0.4 is 10.9 Å². The number of aromatic amines is 1. The maximum atomic E-state index is 11.3. The van der Waals surface area contributed by atoms with E-state index < -0.39 is 0 Å². The van der Waals surface area contributed by atoms with E-state index in [9.17, 15) is 4.79 Å². The highest BCUT2D eigenvalue weighted by molar-refractivity contribution is 9.10. The number of nitrogens with zero attached hydrogens (tertiary/aromatic N) is 1. The second-order valence-corrected chi connectivity index (χ2v) is 5.90. The van der Waals surface area contributed by atoms with Crippen LogP contribution in [0.3, 0.4) is 0 Å². The molecule has 0 spiro atoms. The summed E-state index contributed by atoms with van der Waals surface area (Å²) < 4.78 is 1.26. The lowest BCUT2D eigenvalue weighted by Gasteiger charge is -2.05. The van der Waals surface area contributed by atoms with Crippen molar-refractivity contribution in [3.8, 4) is 0 Å². The summed E-state index contributed by atoms with van der Waals surface area (Å²) in [4.78, 5) is 12.5. The molecule has 2 aromatic heterocycles. The Morgan fingerprint density at radius 1 is 1.53 bits per heavy atom. The number of anilines is 1. The summed E-state index contributed by atoms with van der Waals surface area (Å²) in [6.45, 7) is 0.723. The normalized spacial score (nSPS) is 10.5. The van der Waals surface area contributed by atoms with E-state index in [2.05, 4.69) is 31.4 Å². The monoisotopic (exact) mass is 333 g/mol. The number of hydrogen-bond acceptors (Lipinski definition) is 4. The van der Waals surface area contributed by atoms with Gasteiger partial charge in [0.25, 0.3) is 5.56 Å². The predicted octanol–water partition coefficient (Wildman–Crippen LogP) is 2.90. The van der Waals surface area contributed by atoms with Crippen molar-refractivity contribution < 1.29 is 0 Å². The standard InChI is InChI=1S/C10H9BrClN3OS/c11-9-7(5-14-15-10(9)16)13-4-3-6-1-2-8(12)17-6/h1-2,5H,3-4H2,(H2,13,15,16). The minimum atomic E-state index is -0.242. The van der Waals surface area contributed by atoms with Crippen LogP contribution in [0.15, 0.2) is 27.6 Å². The summed E-state index contributed by atoms with van der Waals surface area (Å²) in [7, 11) is 0. The number of thiophene rings is 1. The lowest BCUT2D eigenvalue weighted by molar-refractivity contribution is 0.964. The van der Waals surface area contributed by atoms with Crippen LogP contribution in [0.1, 0.15) is 4.88 Å². The summed E-state index contributed by atoms with van der Waals surface area (Å²) in [6.07, 6.45) is 2.43. The van der Waals surface area contributed by atoms with Crippen molar-refractivity contribution >= 4 is 44.6 Å². The molecule has 2 aromatic rings. The highest BCUT2D eigenvalue weighted by atomic mass is 79.9. The Bertz CT molecular complexity index is 569. The Balaban J connectivity index is 1.94. The molecule has 0 aromatic carbocycles. The van der Waals surface area contributed by atoms with Gasteiger partial charge in [-0.3, -0.25) is 4.79 Å². The fourth-order valence-corrected chi connectivity index (χ4v) is 2.73. The Kier molecular flexibility index (Phi) is 4.20. The number of hydrogen-bond donors (Lipinski definition) is 2. The minimum absolute atomic E-state index is 0.242. The lowest BCUT2D eigenvalue weighted by Crippen LogP contribution is -2.13. The molecule has 0 fully saturated rings. The molecule has 0 bridgehead atoms. The Hall–Kier alpha value is -0.850. The number of halogens is 2. The molecular weight excluding hydrogens is 326 g/mol. The largest absolute Gasteiger partial charge is 0.382 e. The smallest absolute Gasteiger partial charge is 0.280 e. The van der Waals surface area contributed by atoms with Gasteiger partial charge in [-0.05, 0) is 34.5 Å². The third kappa shape index (κ3) is 3.31. The van der Waals surface area contributed by atoms with E-state index in [0.29, 0.717) is 10.2 Å². The third-order valence-corrected chi connectivity index (χ3v) is 4.19. The second kappa shape index (κ2) is 5.66. The molecule has 0 amide bonds. The van der Waals surface area contributed by atoms with E-state index in [-0.39, 0.29) is 5.56 Å². The second-order valence-electron chi connectivity index (χ2n) is 3.31. The van der Waals surface area contributed by atoms with Gasteiger partial charge >= 0.3 is 0 Å². The summed E-state index contributed by atoms with van der Waals surface area (Å²) in [5, 5.41) is 9.22. The van der Waals surface area contributed by atoms with E-state index in [1.54, 1.807) is 17.5 Å². The van der Waals surface area contributed by atoms with Crippen LogP contribution in [-0.4, -0.2) is 16.7 Å². The molecule has 7 heteroatoms. The first-order chi connectivity index (χ1) is 8.16. The van der Waals surface area contributed by atoms with Gasteiger partial charge in [0.2, 0.25) is 0 Å². The zero-order chi connectivity index (χ0) is 12.3. The van der Waals surface area contributed by atoms with Gasteiger partial charge in [-0.2, -0.15) is 5.10 Å². The third-order valence-electron chi connectivity index (χ3n) is 2.11.